The maximum Gasteiger partial charge on any atom is 0.301 e. The van der Waals surface area contributed by atoms with Crippen LogP contribution in [0.1, 0.15) is 25.3 Å². The fourth-order valence-corrected chi connectivity index (χ4v) is 2.40. The Bertz CT molecular complexity index is 732. The normalized spacial score (nSPS) is 11.8. The standard InChI is InChI=1S/C15H15Cl2N3O4/c1-2-3-8-23-14(12-5-4-11(16)9-13(12)17)15(24-20(21)22)19-7-6-18-10-19/h4-7,9-10H,2-3,8H2,1H3/b15-14+. The molecule has 2 aromatic rings. The van der Waals surface area contributed by atoms with Crippen LogP contribution in [0.3, 0.4) is 0 Å². The van der Waals surface area contributed by atoms with E-state index in [1.807, 2.05) is 6.92 Å². The summed E-state index contributed by atoms with van der Waals surface area (Å²) >= 11 is 12.1. The molecule has 0 fully saturated rings. The first kappa shape index (κ1) is 18.1. The third kappa shape index (κ3) is 4.62. The number of ether oxygens (including phenoxy) is 1. The summed E-state index contributed by atoms with van der Waals surface area (Å²) in [6.45, 7) is 2.36. The molecule has 1 aromatic carbocycles. The summed E-state index contributed by atoms with van der Waals surface area (Å²) in [4.78, 5) is 19.5. The third-order valence-electron chi connectivity index (χ3n) is 3.01. The summed E-state index contributed by atoms with van der Waals surface area (Å²) in [5.74, 6) is -0.00218. The van der Waals surface area contributed by atoms with Gasteiger partial charge >= 0.3 is 5.09 Å². The molecule has 0 aliphatic carbocycles. The Kier molecular flexibility index (Phi) is 6.45. The van der Waals surface area contributed by atoms with E-state index in [1.54, 1.807) is 12.1 Å². The van der Waals surface area contributed by atoms with E-state index in [4.69, 9.17) is 32.8 Å². The molecule has 1 heterocycles. The van der Waals surface area contributed by atoms with Crippen molar-refractivity contribution < 1.29 is 14.7 Å². The number of imidazole rings is 1. The van der Waals surface area contributed by atoms with Gasteiger partial charge in [0.1, 0.15) is 6.33 Å². The number of nitrogens with zero attached hydrogens (tertiary/aromatic N) is 3. The van der Waals surface area contributed by atoms with Gasteiger partial charge in [0.2, 0.25) is 5.88 Å². The molecule has 2 rings (SSSR count). The summed E-state index contributed by atoms with van der Waals surface area (Å²) in [5.41, 5.74) is 0.433. The highest BCUT2D eigenvalue weighted by molar-refractivity contribution is 6.35. The van der Waals surface area contributed by atoms with Crippen LogP contribution in [-0.2, 0) is 9.57 Å². The van der Waals surface area contributed by atoms with Gasteiger partial charge in [-0.3, -0.25) is 9.40 Å². The summed E-state index contributed by atoms with van der Waals surface area (Å²) in [6, 6.07) is 4.76. The fourth-order valence-electron chi connectivity index (χ4n) is 1.90. The number of rotatable bonds is 8. The SMILES string of the molecule is CCCCO/C(=C(/O[N+](=O)[O-])n1ccnc1)c1ccc(Cl)cc1Cl. The van der Waals surface area contributed by atoms with Gasteiger partial charge in [-0.15, -0.1) is 10.1 Å². The lowest BCUT2D eigenvalue weighted by molar-refractivity contribution is -0.731. The Hall–Kier alpha value is -2.25. The lowest BCUT2D eigenvalue weighted by Crippen LogP contribution is -2.10. The quantitative estimate of drug-likeness (QED) is 0.295. The van der Waals surface area contributed by atoms with Gasteiger partial charge in [0.25, 0.3) is 0 Å². The van der Waals surface area contributed by atoms with E-state index in [0.29, 0.717) is 22.2 Å². The zero-order chi connectivity index (χ0) is 17.5. The van der Waals surface area contributed by atoms with Crippen LogP contribution < -0.4 is 0 Å². The summed E-state index contributed by atoms with van der Waals surface area (Å²) in [6.07, 6.45) is 6.01. The van der Waals surface area contributed by atoms with Crippen LogP contribution in [0.5, 0.6) is 0 Å². The van der Waals surface area contributed by atoms with Crippen LogP contribution in [0, 0.1) is 10.1 Å². The van der Waals surface area contributed by atoms with Crippen LogP contribution in [0.4, 0.5) is 0 Å². The number of halogens is 2. The van der Waals surface area contributed by atoms with Crippen molar-refractivity contribution in [1.29, 1.82) is 0 Å². The summed E-state index contributed by atoms with van der Waals surface area (Å²) in [7, 11) is 0. The Balaban J connectivity index is 2.57. The van der Waals surface area contributed by atoms with Crippen LogP contribution in [0.15, 0.2) is 36.9 Å². The molecule has 0 bridgehead atoms. The monoisotopic (exact) mass is 371 g/mol. The highest BCUT2D eigenvalue weighted by atomic mass is 35.5. The minimum absolute atomic E-state index is 0.139. The molecule has 24 heavy (non-hydrogen) atoms. The van der Waals surface area contributed by atoms with Gasteiger partial charge in [-0.2, -0.15) is 0 Å². The van der Waals surface area contributed by atoms with Gasteiger partial charge in [0.05, 0.1) is 11.6 Å². The molecule has 0 saturated carbocycles. The van der Waals surface area contributed by atoms with Crippen LogP contribution in [0.25, 0.3) is 11.6 Å². The molecule has 0 aliphatic rings. The van der Waals surface area contributed by atoms with Crippen LogP contribution in [-0.4, -0.2) is 21.2 Å². The second-order valence-electron chi connectivity index (χ2n) is 4.75. The predicted molar refractivity (Wildman–Crippen MR) is 90.7 cm³/mol. The van der Waals surface area contributed by atoms with Gasteiger partial charge < -0.3 is 4.74 Å². The molecule has 0 N–H and O–H groups in total. The van der Waals surface area contributed by atoms with Crippen molar-refractivity contribution in [2.75, 3.05) is 6.61 Å². The molecule has 0 atom stereocenters. The Labute approximate surface area is 148 Å². The van der Waals surface area contributed by atoms with Crippen molar-refractivity contribution in [3.05, 3.63) is 62.6 Å². The molecule has 0 radical (unpaired) electrons. The second-order valence-corrected chi connectivity index (χ2v) is 5.59. The molecule has 0 spiro atoms. The molecule has 128 valence electrons. The Morgan fingerprint density at radius 1 is 1.42 bits per heavy atom. The van der Waals surface area contributed by atoms with Gasteiger partial charge in [-0.1, -0.05) is 36.5 Å². The number of hydrogen-bond acceptors (Lipinski definition) is 5. The van der Waals surface area contributed by atoms with E-state index in [1.165, 1.54) is 29.4 Å². The molecular weight excluding hydrogens is 357 g/mol. The lowest BCUT2D eigenvalue weighted by atomic mass is 10.2. The lowest BCUT2D eigenvalue weighted by Gasteiger charge is -2.16. The Morgan fingerprint density at radius 3 is 2.79 bits per heavy atom. The molecule has 0 amide bonds. The molecular formula is C15H15Cl2N3O4. The van der Waals surface area contributed by atoms with Crippen molar-refractivity contribution in [3.63, 3.8) is 0 Å². The van der Waals surface area contributed by atoms with E-state index in [2.05, 4.69) is 4.98 Å². The molecule has 9 heteroatoms. The molecule has 0 unspecified atom stereocenters. The third-order valence-corrected chi connectivity index (χ3v) is 3.56. The molecule has 7 nitrogen and oxygen atoms in total. The number of aromatic nitrogens is 2. The zero-order valence-electron chi connectivity index (χ0n) is 12.8. The largest absolute Gasteiger partial charge is 0.489 e. The van der Waals surface area contributed by atoms with E-state index in [0.717, 1.165) is 12.8 Å². The van der Waals surface area contributed by atoms with Gasteiger partial charge in [0.15, 0.2) is 5.76 Å². The average Bonchev–Trinajstić information content (AvgIpc) is 3.05. The van der Waals surface area contributed by atoms with Crippen LogP contribution >= 0.6 is 23.2 Å². The second kappa shape index (κ2) is 8.56. The fraction of sp³-hybridized carbons (Fsp3) is 0.267. The highest BCUT2D eigenvalue weighted by Crippen LogP contribution is 2.32. The van der Waals surface area contributed by atoms with E-state index in [-0.39, 0.29) is 11.6 Å². The van der Waals surface area contributed by atoms with Gasteiger partial charge in [-0.05, 0) is 24.6 Å². The first-order valence-corrected chi connectivity index (χ1v) is 7.91. The molecule has 1 aromatic heterocycles. The maximum atomic E-state index is 10.9. The number of hydrogen-bond donors (Lipinski definition) is 0. The van der Waals surface area contributed by atoms with E-state index >= 15 is 0 Å². The first-order chi connectivity index (χ1) is 11.5. The Morgan fingerprint density at radius 2 is 2.21 bits per heavy atom. The summed E-state index contributed by atoms with van der Waals surface area (Å²) in [5, 5.41) is 10.7. The highest BCUT2D eigenvalue weighted by Gasteiger charge is 2.20. The van der Waals surface area contributed by atoms with E-state index in [9.17, 15) is 10.1 Å². The summed E-state index contributed by atoms with van der Waals surface area (Å²) < 4.78 is 7.09. The van der Waals surface area contributed by atoms with Crippen molar-refractivity contribution >= 4 is 34.8 Å². The predicted octanol–water partition coefficient (Wildman–Crippen LogP) is 4.50. The number of unbranched alkanes of at least 4 members (excludes halogenated alkanes) is 1. The minimum Gasteiger partial charge on any atom is -0.489 e. The smallest absolute Gasteiger partial charge is 0.301 e. The maximum absolute atomic E-state index is 10.9. The van der Waals surface area contributed by atoms with Gasteiger partial charge in [-0.25, -0.2) is 4.98 Å². The molecule has 0 saturated heterocycles. The minimum atomic E-state index is -0.914. The van der Waals surface area contributed by atoms with E-state index < -0.39 is 5.09 Å². The van der Waals surface area contributed by atoms with Crippen LogP contribution in [0.2, 0.25) is 10.0 Å². The van der Waals surface area contributed by atoms with Crippen molar-refractivity contribution in [1.82, 2.24) is 9.55 Å². The van der Waals surface area contributed by atoms with Gasteiger partial charge in [0, 0.05) is 23.0 Å². The van der Waals surface area contributed by atoms with Crippen molar-refractivity contribution in [2.45, 2.75) is 19.8 Å². The van der Waals surface area contributed by atoms with Crippen molar-refractivity contribution in [2.24, 2.45) is 0 Å². The zero-order valence-corrected chi connectivity index (χ0v) is 14.3. The number of benzene rings is 1. The molecule has 0 aliphatic heterocycles. The van der Waals surface area contributed by atoms with Crippen molar-refractivity contribution in [3.8, 4) is 0 Å². The average molecular weight is 372 g/mol. The first-order valence-electron chi connectivity index (χ1n) is 7.16. The topological polar surface area (TPSA) is 79.4 Å².